The molecule has 1 aromatic heterocycles. The number of nitrogens with one attached hydrogen (secondary N) is 1. The summed E-state index contributed by atoms with van der Waals surface area (Å²) < 4.78 is 158. The minimum absolute atomic E-state index is 0. The molecule has 1 aliphatic rings. The van der Waals surface area contributed by atoms with Crippen molar-refractivity contribution in [2.75, 3.05) is 111 Å². The number of aliphatic hydroxyl groups excluding tert-OH is 1. The van der Waals surface area contributed by atoms with Crippen LogP contribution < -0.4 is 44.6 Å². The third-order valence-corrected chi connectivity index (χ3v) is 13.8. The molecule has 4 aromatic carbocycles. The molecule has 0 fully saturated rings. The van der Waals surface area contributed by atoms with E-state index in [1.54, 1.807) is 23.0 Å². The van der Waals surface area contributed by atoms with E-state index >= 15 is 0 Å². The van der Waals surface area contributed by atoms with Crippen LogP contribution in [0.4, 0.5) is 17.6 Å². The SMILES string of the molecule is C.C.C.C#CCO.C#CCOCC.CC#N.CC#N.CCCl.CCOCC1=CN(CCCS(=O)(=O)OCCCOc2ccc3ccccc3c2)NN1C.CCOCc1cn(CCCS(=O)(=O)OCCCOc2ccc3ccccc3c2)nn1.COS(=O)(=O)C(F)(F)F.[2H]CF.[H-].[Na+]. The number of nitriles is 2. The quantitative estimate of drug-likeness (QED) is 0.00860. The molecule has 0 unspecified atom stereocenters. The standard InChI is InChI=1S/C22H31N3O5S.C21H27N3O5S.C5H8O.C3H4O.C2H5Cl.C2H3F3O3S.2C2H3N.CH3F.3CH4.Na.H/c1-3-28-18-21-17-25(23-24(21)2)12-6-15-31(26,27)30-14-7-13-29-22-11-10-19-8-4-5-9-20(19)16-22;1-2-27-17-20-16-24(23-22-20)11-5-14-30(25,26)29-13-6-12-28-21-10-9-18-7-3-4-8-19(18)15-21;1-3-5-6-4-2;1-2-3-4;1-2-3;1-8-9(6,7)2(3,4)5;2*1-2-3;1-2;;;;;/h4-5,8-11,16-17,23H,3,6-7,12-15,18H2,1-2H3;3-4,7-10,15-16H,2,5-6,11-14,17H2,1H3;1H,4-5H2,2H3;1,4H,3H2;2H2,1H3;1H3;2*1H3;1H3;3*1H4;;/q;;;;;;;;;;;;+1;-1/i;;;;;;;;1D;;;;;. The molecule has 0 bridgehead atoms. The van der Waals surface area contributed by atoms with Gasteiger partial charge in [-0.1, -0.05) is 107 Å². The molecule has 0 atom stereocenters. The Kier molecular flexibility index (Phi) is 67.6. The predicted molar refractivity (Wildman–Crippen MR) is 365 cm³/mol. The van der Waals surface area contributed by atoms with E-state index in [2.05, 4.69) is 32.4 Å². The molecule has 23 nitrogen and oxygen atoms in total. The second kappa shape index (κ2) is 64.1. The number of ether oxygens (including phenoxy) is 5. The number of rotatable bonds is 29. The Labute approximate surface area is 593 Å². The van der Waals surface area contributed by atoms with Crippen LogP contribution in [0.3, 0.4) is 0 Å². The zero-order chi connectivity index (χ0) is 70.1. The zero-order valence-corrected chi connectivity index (χ0v) is 58.9. The van der Waals surface area contributed by atoms with Gasteiger partial charge >= 0.3 is 45.2 Å². The monoisotopic (exact) mass is 1440 g/mol. The summed E-state index contributed by atoms with van der Waals surface area (Å²) in [7, 11) is -11.1. The molecule has 0 amide bonds. The number of benzene rings is 4. The van der Waals surface area contributed by atoms with Crippen molar-refractivity contribution in [1.82, 2.24) is 30.5 Å². The van der Waals surface area contributed by atoms with E-state index in [4.69, 9.17) is 67.1 Å². The van der Waals surface area contributed by atoms with Gasteiger partial charge in [-0.05, 0) is 79.4 Å². The maximum Gasteiger partial charge on any atom is 1.00 e. The second-order valence-electron chi connectivity index (χ2n) is 17.0. The van der Waals surface area contributed by atoms with Gasteiger partial charge in [0.1, 0.15) is 30.4 Å². The van der Waals surface area contributed by atoms with Crippen molar-refractivity contribution < 1.29 is 117 Å². The number of hydrogen-bond acceptors (Lipinski definition) is 22. The number of aromatic nitrogens is 3. The Morgan fingerprint density at radius 2 is 1.12 bits per heavy atom. The van der Waals surface area contributed by atoms with Gasteiger partial charge in [-0.2, -0.15) is 48.9 Å². The molecule has 0 spiro atoms. The van der Waals surface area contributed by atoms with E-state index in [0.29, 0.717) is 98.7 Å². The summed E-state index contributed by atoms with van der Waals surface area (Å²) >= 11 is 5.00. The molecular weight excluding hydrogens is 1340 g/mol. The van der Waals surface area contributed by atoms with E-state index in [9.17, 15) is 42.8 Å². The van der Waals surface area contributed by atoms with Gasteiger partial charge < -0.3 is 30.2 Å². The molecule has 0 aliphatic carbocycles. The van der Waals surface area contributed by atoms with Gasteiger partial charge in [-0.25, -0.2) is 0 Å². The molecular formula is C63H100ClF4N8NaO15S3. The van der Waals surface area contributed by atoms with Crippen LogP contribution in [0.15, 0.2) is 103 Å². The molecule has 0 saturated carbocycles. The molecule has 2 heterocycles. The van der Waals surface area contributed by atoms with E-state index in [0.717, 1.165) is 50.3 Å². The van der Waals surface area contributed by atoms with Gasteiger partial charge in [0, 0.05) is 78.7 Å². The first-order chi connectivity index (χ1) is 43.8. The van der Waals surface area contributed by atoms with Gasteiger partial charge in [-0.3, -0.25) is 31.6 Å². The summed E-state index contributed by atoms with van der Waals surface area (Å²) in [5.74, 6) is 6.47. The number of alkyl halides is 5. The van der Waals surface area contributed by atoms with Gasteiger partial charge in [0.2, 0.25) is 0 Å². The van der Waals surface area contributed by atoms with E-state index in [1.165, 1.54) is 13.8 Å². The minimum Gasteiger partial charge on any atom is -1.00 e. The predicted octanol–water partition coefficient (Wildman–Crippen LogP) is 8.73. The summed E-state index contributed by atoms with van der Waals surface area (Å²) in [5.41, 5.74) is -0.459. The first kappa shape index (κ1) is 100. The summed E-state index contributed by atoms with van der Waals surface area (Å²) in [5, 5.41) is 38.4. The first-order valence-corrected chi connectivity index (χ1v) is 32.9. The van der Waals surface area contributed by atoms with Crippen LogP contribution in [0.2, 0.25) is 0 Å². The van der Waals surface area contributed by atoms with Gasteiger partial charge in [0.25, 0.3) is 20.2 Å². The fourth-order valence-corrected chi connectivity index (χ4v) is 8.43. The first-order valence-electron chi connectivity index (χ1n) is 28.5. The van der Waals surface area contributed by atoms with Gasteiger partial charge in [0.05, 0.1) is 90.8 Å². The van der Waals surface area contributed by atoms with Crippen molar-refractivity contribution in [3.63, 3.8) is 0 Å². The van der Waals surface area contributed by atoms with E-state index < -0.39 is 43.0 Å². The number of hydrogen-bond donors (Lipinski definition) is 2. The van der Waals surface area contributed by atoms with E-state index in [1.807, 2.05) is 142 Å². The van der Waals surface area contributed by atoms with Crippen LogP contribution >= 0.6 is 11.6 Å². The van der Waals surface area contributed by atoms with Crippen molar-refractivity contribution in [3.05, 3.63) is 109 Å². The fourth-order valence-electron chi connectivity index (χ4n) is 6.30. The fraction of sp³-hybridized carbons (Fsp3) is 0.524. The van der Waals surface area contributed by atoms with Crippen molar-refractivity contribution in [1.29, 1.82) is 10.5 Å². The largest absolute Gasteiger partial charge is 1.00 e. The number of aliphatic hydroxyl groups is 1. The van der Waals surface area contributed by atoms with Crippen molar-refractivity contribution in [3.8, 4) is 48.3 Å². The topological polar surface area (TPSA) is 293 Å². The molecule has 95 heavy (non-hydrogen) atoms. The Morgan fingerprint density at radius 3 is 1.48 bits per heavy atom. The second-order valence-corrected chi connectivity index (χ2v) is 22.8. The molecule has 32 heteroatoms. The van der Waals surface area contributed by atoms with Crippen LogP contribution in [-0.4, -0.2) is 172 Å². The normalized spacial score (nSPS) is 10.9. The third-order valence-electron chi connectivity index (χ3n) is 10.1. The summed E-state index contributed by atoms with van der Waals surface area (Å²) in [4.78, 5) is 0. The molecule has 0 saturated heterocycles. The number of nitrogens with zero attached hydrogens (tertiary/aromatic N) is 7. The maximum atomic E-state index is 12.1. The average Bonchev–Trinajstić information content (AvgIpc) is 1.78. The van der Waals surface area contributed by atoms with Crippen LogP contribution in [0, 0.1) is 47.3 Å². The van der Waals surface area contributed by atoms with E-state index in [-0.39, 0.29) is 84.6 Å². The molecule has 2 N–H and O–H groups in total. The Bertz CT molecular complexity index is 3280. The van der Waals surface area contributed by atoms with Crippen molar-refractivity contribution >= 4 is 63.5 Å². The molecule has 536 valence electrons. The zero-order valence-electron chi connectivity index (χ0n) is 55.6. The summed E-state index contributed by atoms with van der Waals surface area (Å²) in [6.45, 7) is 15.7. The van der Waals surface area contributed by atoms with Gasteiger partial charge in [0.15, 0.2) is 0 Å². The molecule has 0 radical (unpaired) electrons. The molecule has 1 aliphatic heterocycles. The average molecular weight is 1440 g/mol. The van der Waals surface area contributed by atoms with Crippen LogP contribution in [0.25, 0.3) is 21.5 Å². The number of aryl methyl sites for hydroxylation is 1. The van der Waals surface area contributed by atoms with Crippen LogP contribution in [-0.2, 0) is 70.3 Å². The van der Waals surface area contributed by atoms with Crippen molar-refractivity contribution in [2.45, 2.75) is 108 Å². The van der Waals surface area contributed by atoms with Crippen LogP contribution in [0.5, 0.6) is 11.5 Å². The molecule has 6 rings (SSSR count). The van der Waals surface area contributed by atoms with Gasteiger partial charge in [-0.15, -0.1) is 35.1 Å². The Balaban J connectivity index is -0.000000184. The Hall–Kier alpha value is -5.88. The number of likely N-dealkylation sites (N-methyl/N-ethyl adjacent to an activating group) is 1. The smallest absolute Gasteiger partial charge is 1.00 e. The summed E-state index contributed by atoms with van der Waals surface area (Å²) in [6.07, 6.45) is 14.9. The minimum atomic E-state index is -5.34. The number of terminal acetylenes is 2. The number of fused-ring (bicyclic) bond motifs is 2. The van der Waals surface area contributed by atoms with Crippen LogP contribution in [0.1, 0.15) is 98.0 Å². The third kappa shape index (κ3) is 52.9. The number of halogens is 5. The molecule has 5 aromatic rings. The Morgan fingerprint density at radius 1 is 0.705 bits per heavy atom. The van der Waals surface area contributed by atoms with Crippen molar-refractivity contribution in [2.24, 2.45) is 0 Å². The number of hydrazine groups is 2. The summed E-state index contributed by atoms with van der Waals surface area (Å²) in [6, 6.07) is 31.4. The maximum absolute atomic E-state index is 12.1.